The molecule has 1 aromatic rings. The van der Waals surface area contributed by atoms with E-state index < -0.39 is 11.9 Å². The van der Waals surface area contributed by atoms with Gasteiger partial charge in [-0.25, -0.2) is 4.98 Å². The highest BCUT2D eigenvalue weighted by atomic mass is 16.4. The van der Waals surface area contributed by atoms with Crippen LogP contribution in [0.3, 0.4) is 0 Å². The number of amides is 1. The van der Waals surface area contributed by atoms with E-state index in [2.05, 4.69) is 4.98 Å². The zero-order valence-corrected chi connectivity index (χ0v) is 8.46. The van der Waals surface area contributed by atoms with Crippen molar-refractivity contribution in [2.24, 2.45) is 5.92 Å². The van der Waals surface area contributed by atoms with E-state index in [1.807, 2.05) is 0 Å². The number of nitrogens with zero attached hydrogens (tertiary/aromatic N) is 2. The van der Waals surface area contributed by atoms with Gasteiger partial charge in [0, 0.05) is 19.2 Å². The summed E-state index contributed by atoms with van der Waals surface area (Å²) in [7, 11) is 0. The highest BCUT2D eigenvalue weighted by molar-refractivity contribution is 6.00. The van der Waals surface area contributed by atoms with E-state index >= 15 is 0 Å². The lowest BCUT2D eigenvalue weighted by atomic mass is 10.1. The van der Waals surface area contributed by atoms with E-state index in [1.165, 1.54) is 11.1 Å². The van der Waals surface area contributed by atoms with E-state index in [0.29, 0.717) is 5.69 Å². The standard InChI is InChI=1S/C10H11N3O3/c11-9-7(2-1-3-12-9)13-5-6(10(15)16)4-8(13)14/h1-3,6H,4-5H2,(H2,11,12)(H,15,16). The number of carboxylic acid groups (broad SMARTS) is 1. The van der Waals surface area contributed by atoms with Crippen molar-refractivity contribution in [2.45, 2.75) is 6.42 Å². The first-order valence-corrected chi connectivity index (χ1v) is 4.83. The summed E-state index contributed by atoms with van der Waals surface area (Å²) >= 11 is 0. The Labute approximate surface area is 91.7 Å². The van der Waals surface area contributed by atoms with Gasteiger partial charge in [-0.3, -0.25) is 9.59 Å². The fourth-order valence-electron chi connectivity index (χ4n) is 1.74. The molecule has 0 bridgehead atoms. The predicted molar refractivity (Wildman–Crippen MR) is 56.7 cm³/mol. The van der Waals surface area contributed by atoms with Crippen molar-refractivity contribution in [2.75, 3.05) is 17.2 Å². The van der Waals surface area contributed by atoms with Crippen molar-refractivity contribution in [3.8, 4) is 0 Å². The van der Waals surface area contributed by atoms with Gasteiger partial charge in [-0.05, 0) is 12.1 Å². The van der Waals surface area contributed by atoms with E-state index in [-0.39, 0.29) is 24.7 Å². The van der Waals surface area contributed by atoms with Crippen molar-refractivity contribution >= 4 is 23.4 Å². The second kappa shape index (κ2) is 3.80. The number of rotatable bonds is 2. The van der Waals surface area contributed by atoms with Gasteiger partial charge in [-0.2, -0.15) is 0 Å². The summed E-state index contributed by atoms with van der Waals surface area (Å²) in [5.74, 6) is -1.61. The van der Waals surface area contributed by atoms with E-state index in [4.69, 9.17) is 10.8 Å². The lowest BCUT2D eigenvalue weighted by molar-refractivity contribution is -0.141. The van der Waals surface area contributed by atoms with Gasteiger partial charge in [0.25, 0.3) is 0 Å². The van der Waals surface area contributed by atoms with Crippen LogP contribution in [0.4, 0.5) is 11.5 Å². The van der Waals surface area contributed by atoms with E-state index in [9.17, 15) is 9.59 Å². The smallest absolute Gasteiger partial charge is 0.308 e. The van der Waals surface area contributed by atoms with Crippen molar-refractivity contribution < 1.29 is 14.7 Å². The number of carboxylic acids is 1. The molecule has 1 unspecified atom stereocenters. The number of anilines is 2. The van der Waals surface area contributed by atoms with Crippen LogP contribution in [0.5, 0.6) is 0 Å². The molecule has 1 aliphatic rings. The fourth-order valence-corrected chi connectivity index (χ4v) is 1.74. The molecule has 1 fully saturated rings. The Morgan fingerprint density at radius 2 is 2.38 bits per heavy atom. The molecule has 0 radical (unpaired) electrons. The van der Waals surface area contributed by atoms with Crippen molar-refractivity contribution in [1.82, 2.24) is 4.98 Å². The molecule has 2 rings (SSSR count). The average Bonchev–Trinajstić information content (AvgIpc) is 2.61. The van der Waals surface area contributed by atoms with Gasteiger partial charge in [-0.1, -0.05) is 0 Å². The largest absolute Gasteiger partial charge is 0.481 e. The third-order valence-electron chi connectivity index (χ3n) is 2.58. The predicted octanol–water partition coefficient (Wildman–Crippen LogP) is 0.101. The second-order valence-electron chi connectivity index (χ2n) is 3.65. The molecule has 0 saturated carbocycles. The Balaban J connectivity index is 2.27. The van der Waals surface area contributed by atoms with Gasteiger partial charge in [-0.15, -0.1) is 0 Å². The molecular weight excluding hydrogens is 210 g/mol. The molecule has 1 atom stereocenters. The highest BCUT2D eigenvalue weighted by Gasteiger charge is 2.35. The summed E-state index contributed by atoms with van der Waals surface area (Å²) in [6.07, 6.45) is 1.54. The summed E-state index contributed by atoms with van der Waals surface area (Å²) in [6.45, 7) is 0.157. The maximum absolute atomic E-state index is 11.6. The van der Waals surface area contributed by atoms with Crippen molar-refractivity contribution in [3.05, 3.63) is 18.3 Å². The minimum Gasteiger partial charge on any atom is -0.481 e. The van der Waals surface area contributed by atoms with Crippen LogP contribution in [0, 0.1) is 5.92 Å². The average molecular weight is 221 g/mol. The lowest BCUT2D eigenvalue weighted by Crippen LogP contribution is -2.26. The quantitative estimate of drug-likeness (QED) is 0.738. The molecule has 1 aromatic heterocycles. The number of aromatic nitrogens is 1. The molecule has 6 heteroatoms. The molecular formula is C10H11N3O3. The topological polar surface area (TPSA) is 96.5 Å². The van der Waals surface area contributed by atoms with E-state index in [0.717, 1.165) is 0 Å². The first kappa shape index (κ1) is 10.4. The zero-order valence-electron chi connectivity index (χ0n) is 8.46. The Bertz CT molecular complexity index is 447. The van der Waals surface area contributed by atoms with Crippen LogP contribution in [-0.4, -0.2) is 28.5 Å². The van der Waals surface area contributed by atoms with Gasteiger partial charge in [0.2, 0.25) is 5.91 Å². The minimum absolute atomic E-state index is 0.0175. The Kier molecular flexibility index (Phi) is 2.47. The number of carbonyl (C=O) groups is 2. The van der Waals surface area contributed by atoms with E-state index in [1.54, 1.807) is 12.1 Å². The summed E-state index contributed by atoms with van der Waals surface area (Å²) in [5, 5.41) is 8.84. The third kappa shape index (κ3) is 1.69. The lowest BCUT2D eigenvalue weighted by Gasteiger charge is -2.16. The summed E-state index contributed by atoms with van der Waals surface area (Å²) < 4.78 is 0. The fraction of sp³-hybridized carbons (Fsp3) is 0.300. The Hall–Kier alpha value is -2.11. The Morgan fingerprint density at radius 1 is 1.62 bits per heavy atom. The van der Waals surface area contributed by atoms with Crippen LogP contribution in [-0.2, 0) is 9.59 Å². The SMILES string of the molecule is Nc1ncccc1N1CC(C(=O)O)CC1=O. The zero-order chi connectivity index (χ0) is 11.7. The van der Waals surface area contributed by atoms with Crippen LogP contribution in [0.2, 0.25) is 0 Å². The first-order chi connectivity index (χ1) is 7.59. The number of hydrogen-bond acceptors (Lipinski definition) is 4. The van der Waals surface area contributed by atoms with Crippen LogP contribution in [0.25, 0.3) is 0 Å². The van der Waals surface area contributed by atoms with Crippen LogP contribution in [0.1, 0.15) is 6.42 Å². The highest BCUT2D eigenvalue weighted by Crippen LogP contribution is 2.28. The molecule has 2 heterocycles. The van der Waals surface area contributed by atoms with Crippen LogP contribution >= 0.6 is 0 Å². The molecule has 6 nitrogen and oxygen atoms in total. The molecule has 3 N–H and O–H groups in total. The van der Waals surface area contributed by atoms with Crippen molar-refractivity contribution in [1.29, 1.82) is 0 Å². The van der Waals surface area contributed by atoms with Gasteiger partial charge < -0.3 is 15.7 Å². The number of aliphatic carboxylic acids is 1. The molecule has 84 valence electrons. The molecule has 0 spiro atoms. The summed E-state index contributed by atoms with van der Waals surface area (Å²) in [6, 6.07) is 3.32. The molecule has 1 amide bonds. The first-order valence-electron chi connectivity index (χ1n) is 4.83. The molecule has 1 aliphatic heterocycles. The number of nitrogens with two attached hydrogens (primary N) is 1. The number of pyridine rings is 1. The normalized spacial score (nSPS) is 20.1. The second-order valence-corrected chi connectivity index (χ2v) is 3.65. The molecule has 16 heavy (non-hydrogen) atoms. The molecule has 1 saturated heterocycles. The van der Waals surface area contributed by atoms with Gasteiger partial charge in [0.1, 0.15) is 5.82 Å². The minimum atomic E-state index is -0.960. The number of carbonyl (C=O) groups excluding carboxylic acids is 1. The number of nitrogen functional groups attached to an aromatic ring is 1. The van der Waals surface area contributed by atoms with Gasteiger partial charge in [0.15, 0.2) is 0 Å². The molecule has 0 aromatic carbocycles. The summed E-state index contributed by atoms with van der Waals surface area (Å²) in [4.78, 5) is 27.6. The van der Waals surface area contributed by atoms with Gasteiger partial charge in [0.05, 0.1) is 11.6 Å². The number of hydrogen-bond donors (Lipinski definition) is 2. The van der Waals surface area contributed by atoms with Crippen molar-refractivity contribution in [3.63, 3.8) is 0 Å². The summed E-state index contributed by atoms with van der Waals surface area (Å²) in [5.41, 5.74) is 6.11. The van der Waals surface area contributed by atoms with Crippen LogP contribution in [0.15, 0.2) is 18.3 Å². The monoisotopic (exact) mass is 221 g/mol. The maximum atomic E-state index is 11.6. The maximum Gasteiger partial charge on any atom is 0.308 e. The van der Waals surface area contributed by atoms with Gasteiger partial charge >= 0.3 is 5.97 Å². The Morgan fingerprint density at radius 3 is 2.94 bits per heavy atom. The molecule has 0 aliphatic carbocycles. The third-order valence-corrected chi connectivity index (χ3v) is 2.58. The van der Waals surface area contributed by atoms with Crippen LogP contribution < -0.4 is 10.6 Å².